The monoisotopic (exact) mass is 312 g/mol. The van der Waals surface area contributed by atoms with E-state index in [0.29, 0.717) is 6.54 Å². The number of carbonyl (C=O) groups excluding carboxylic acids is 1. The van der Waals surface area contributed by atoms with Gasteiger partial charge in [0.2, 0.25) is 0 Å². The van der Waals surface area contributed by atoms with Crippen molar-refractivity contribution in [3.63, 3.8) is 0 Å². The molecule has 1 aromatic heterocycles. The molecule has 0 atom stereocenters. The van der Waals surface area contributed by atoms with E-state index >= 15 is 0 Å². The molecule has 5 heteroatoms. The van der Waals surface area contributed by atoms with E-state index in [1.54, 1.807) is 0 Å². The van der Waals surface area contributed by atoms with E-state index in [1.807, 2.05) is 18.2 Å². The van der Waals surface area contributed by atoms with Crippen LogP contribution in [-0.4, -0.2) is 43.7 Å². The minimum Gasteiger partial charge on any atom is -0.370 e. The van der Waals surface area contributed by atoms with Gasteiger partial charge in [-0.25, -0.2) is 0 Å². The van der Waals surface area contributed by atoms with E-state index < -0.39 is 0 Å². The molecule has 2 aromatic rings. The predicted octanol–water partition coefficient (Wildman–Crippen LogP) is 0.577. The molecule has 1 amide bonds. The Kier molecular flexibility index (Phi) is 3.97. The number of benzene rings is 1. The number of rotatable bonds is 3. The molecule has 120 valence electrons. The van der Waals surface area contributed by atoms with E-state index in [2.05, 4.69) is 11.4 Å². The summed E-state index contributed by atoms with van der Waals surface area (Å²) in [5, 5.41) is 4.25. The van der Waals surface area contributed by atoms with Crippen LogP contribution in [0.25, 0.3) is 10.9 Å². The van der Waals surface area contributed by atoms with Gasteiger partial charge in [0.15, 0.2) is 6.54 Å². The first-order chi connectivity index (χ1) is 11.3. The average molecular weight is 312 g/mol. The van der Waals surface area contributed by atoms with Crippen LogP contribution >= 0.6 is 0 Å². The molecule has 1 saturated heterocycles. The maximum Gasteiger partial charge on any atom is 0.279 e. The topological polar surface area (TPSA) is 55.7 Å². The third kappa shape index (κ3) is 2.94. The van der Waals surface area contributed by atoms with Gasteiger partial charge in [-0.05, 0) is 30.9 Å². The summed E-state index contributed by atoms with van der Waals surface area (Å²) in [5.41, 5.74) is 4.34. The van der Waals surface area contributed by atoms with Crippen molar-refractivity contribution in [2.75, 3.05) is 38.2 Å². The lowest BCUT2D eigenvalue weighted by Crippen LogP contribution is -3.15. The number of aromatic nitrogens is 1. The molecule has 2 aliphatic rings. The molecule has 1 aliphatic carbocycles. The van der Waals surface area contributed by atoms with Crippen LogP contribution in [0.3, 0.4) is 0 Å². The number of hydrogen-bond acceptors (Lipinski definition) is 3. The number of aryl methyl sites for hydroxylation is 1. The highest BCUT2D eigenvalue weighted by Crippen LogP contribution is 2.33. The van der Waals surface area contributed by atoms with Crippen molar-refractivity contribution in [1.29, 1.82) is 0 Å². The third-order valence-corrected chi connectivity index (χ3v) is 4.79. The largest absolute Gasteiger partial charge is 0.370 e. The predicted molar refractivity (Wildman–Crippen MR) is 88.8 cm³/mol. The molecule has 0 bridgehead atoms. The molecule has 0 radical (unpaired) electrons. The van der Waals surface area contributed by atoms with Gasteiger partial charge in [-0.15, -0.1) is 0 Å². The number of para-hydroxylation sites is 1. The second-order valence-electron chi connectivity index (χ2n) is 6.37. The van der Waals surface area contributed by atoms with Crippen LogP contribution in [-0.2, 0) is 22.4 Å². The number of nitrogens with zero attached hydrogens (tertiary/aromatic N) is 1. The second-order valence-corrected chi connectivity index (χ2v) is 6.37. The highest BCUT2D eigenvalue weighted by Gasteiger charge is 2.23. The SMILES string of the molecule is O=C(C[NH+]1CCOCC1)Nc1c2c(nc3ccccc13)CCC2. The van der Waals surface area contributed by atoms with E-state index in [9.17, 15) is 4.79 Å². The summed E-state index contributed by atoms with van der Waals surface area (Å²) in [4.78, 5) is 18.6. The summed E-state index contributed by atoms with van der Waals surface area (Å²) in [6.45, 7) is 3.81. The fourth-order valence-electron chi connectivity index (χ4n) is 3.60. The Labute approximate surface area is 135 Å². The fourth-order valence-corrected chi connectivity index (χ4v) is 3.60. The van der Waals surface area contributed by atoms with Gasteiger partial charge < -0.3 is 15.0 Å². The maximum absolute atomic E-state index is 12.5. The minimum atomic E-state index is 0.0901. The Bertz CT molecular complexity index is 738. The lowest BCUT2D eigenvalue weighted by molar-refractivity contribution is -0.899. The molecular weight excluding hydrogens is 290 g/mol. The number of amides is 1. The van der Waals surface area contributed by atoms with Gasteiger partial charge in [0, 0.05) is 11.1 Å². The minimum absolute atomic E-state index is 0.0901. The molecular formula is C18H22N3O2+. The number of ether oxygens (including phenoxy) is 1. The van der Waals surface area contributed by atoms with Crippen molar-refractivity contribution in [3.8, 4) is 0 Å². The Balaban J connectivity index is 1.61. The first-order valence-corrected chi connectivity index (χ1v) is 8.43. The van der Waals surface area contributed by atoms with Crippen LogP contribution in [0.1, 0.15) is 17.7 Å². The number of hydrogen-bond donors (Lipinski definition) is 2. The molecule has 2 heterocycles. The van der Waals surface area contributed by atoms with E-state index in [-0.39, 0.29) is 5.91 Å². The summed E-state index contributed by atoms with van der Waals surface area (Å²) < 4.78 is 5.36. The molecule has 0 saturated carbocycles. The van der Waals surface area contributed by atoms with Gasteiger partial charge in [0.1, 0.15) is 13.1 Å². The second kappa shape index (κ2) is 6.26. The molecule has 1 aliphatic heterocycles. The zero-order valence-electron chi connectivity index (χ0n) is 13.2. The first-order valence-electron chi connectivity index (χ1n) is 8.43. The van der Waals surface area contributed by atoms with Crippen LogP contribution in [0.4, 0.5) is 5.69 Å². The Morgan fingerprint density at radius 1 is 1.22 bits per heavy atom. The third-order valence-electron chi connectivity index (χ3n) is 4.79. The molecule has 23 heavy (non-hydrogen) atoms. The number of nitrogens with one attached hydrogen (secondary N) is 2. The molecule has 1 fully saturated rings. The van der Waals surface area contributed by atoms with Crippen molar-refractivity contribution in [2.45, 2.75) is 19.3 Å². The van der Waals surface area contributed by atoms with Gasteiger partial charge in [0.05, 0.1) is 24.4 Å². The zero-order chi connectivity index (χ0) is 15.6. The highest BCUT2D eigenvalue weighted by molar-refractivity contribution is 6.03. The van der Waals surface area contributed by atoms with E-state index in [4.69, 9.17) is 9.72 Å². The number of quaternary nitrogens is 1. The van der Waals surface area contributed by atoms with Gasteiger partial charge in [0.25, 0.3) is 5.91 Å². The summed E-state index contributed by atoms with van der Waals surface area (Å²) in [5.74, 6) is 0.0901. The van der Waals surface area contributed by atoms with Gasteiger partial charge >= 0.3 is 0 Å². The number of morpholine rings is 1. The number of carbonyl (C=O) groups is 1. The number of pyridine rings is 1. The molecule has 4 rings (SSSR count). The smallest absolute Gasteiger partial charge is 0.279 e. The van der Waals surface area contributed by atoms with Crippen LogP contribution in [0.5, 0.6) is 0 Å². The summed E-state index contributed by atoms with van der Waals surface area (Å²) in [6.07, 6.45) is 3.14. The Morgan fingerprint density at radius 3 is 2.91 bits per heavy atom. The normalized spacial score (nSPS) is 18.1. The summed E-state index contributed by atoms with van der Waals surface area (Å²) in [6, 6.07) is 8.09. The average Bonchev–Trinajstić information content (AvgIpc) is 3.04. The summed E-state index contributed by atoms with van der Waals surface area (Å²) in [7, 11) is 0. The lowest BCUT2D eigenvalue weighted by Gasteiger charge is -2.23. The Hall–Kier alpha value is -1.98. The molecule has 5 nitrogen and oxygen atoms in total. The summed E-state index contributed by atoms with van der Waals surface area (Å²) >= 11 is 0. The van der Waals surface area contributed by atoms with Gasteiger partial charge in [-0.3, -0.25) is 9.78 Å². The van der Waals surface area contributed by atoms with Crippen LogP contribution < -0.4 is 10.2 Å². The standard InChI is InChI=1S/C18H21N3O2/c22-17(12-21-8-10-23-11-9-21)20-18-13-4-1-2-6-15(13)19-16-7-3-5-14(16)18/h1-2,4,6H,3,5,7-12H2,(H,19,20,22)/p+1. The van der Waals surface area contributed by atoms with Crippen molar-refractivity contribution in [1.82, 2.24) is 4.98 Å². The quantitative estimate of drug-likeness (QED) is 0.871. The Morgan fingerprint density at radius 2 is 2.04 bits per heavy atom. The lowest BCUT2D eigenvalue weighted by atomic mass is 10.1. The van der Waals surface area contributed by atoms with Gasteiger partial charge in [-0.1, -0.05) is 18.2 Å². The fraction of sp³-hybridized carbons (Fsp3) is 0.444. The van der Waals surface area contributed by atoms with Crippen LogP contribution in [0.15, 0.2) is 24.3 Å². The van der Waals surface area contributed by atoms with Crippen LogP contribution in [0, 0.1) is 0 Å². The van der Waals surface area contributed by atoms with Crippen LogP contribution in [0.2, 0.25) is 0 Å². The molecule has 0 unspecified atom stereocenters. The van der Waals surface area contributed by atoms with Crippen molar-refractivity contribution in [2.24, 2.45) is 0 Å². The van der Waals surface area contributed by atoms with Crippen molar-refractivity contribution in [3.05, 3.63) is 35.5 Å². The number of anilines is 1. The first kappa shape index (κ1) is 14.6. The van der Waals surface area contributed by atoms with E-state index in [1.165, 1.54) is 10.5 Å². The highest BCUT2D eigenvalue weighted by atomic mass is 16.5. The number of fused-ring (bicyclic) bond motifs is 2. The molecule has 1 aromatic carbocycles. The van der Waals surface area contributed by atoms with Crippen molar-refractivity contribution >= 4 is 22.5 Å². The zero-order valence-corrected chi connectivity index (χ0v) is 13.2. The molecule has 2 N–H and O–H groups in total. The van der Waals surface area contributed by atoms with E-state index in [0.717, 1.165) is 67.8 Å². The van der Waals surface area contributed by atoms with Crippen molar-refractivity contribution < 1.29 is 14.4 Å². The maximum atomic E-state index is 12.5. The molecule has 0 spiro atoms. The van der Waals surface area contributed by atoms with Gasteiger partial charge in [-0.2, -0.15) is 0 Å².